The lowest BCUT2D eigenvalue weighted by atomic mass is 10.0. The van der Waals surface area contributed by atoms with Crippen molar-refractivity contribution in [2.45, 2.75) is 19.8 Å². The van der Waals surface area contributed by atoms with Crippen molar-refractivity contribution in [3.63, 3.8) is 0 Å². The highest BCUT2D eigenvalue weighted by Crippen LogP contribution is 2.33. The Kier molecular flexibility index (Phi) is 7.78. The summed E-state index contributed by atoms with van der Waals surface area (Å²) < 4.78 is 18.6. The predicted molar refractivity (Wildman–Crippen MR) is 125 cm³/mol. The normalized spacial score (nSPS) is 10.5. The van der Waals surface area contributed by atoms with Crippen LogP contribution in [0, 0.1) is 0 Å². The Bertz CT molecular complexity index is 948. The van der Waals surface area contributed by atoms with Crippen molar-refractivity contribution in [3.8, 4) is 28.7 Å². The molecular weight excluding hydrogens is 496 g/mol. The summed E-state index contributed by atoms with van der Waals surface area (Å²) in [4.78, 5) is 0. The SMILES string of the molecule is CC(C)c1cc(Oc2ccc(Oc3ccccc3)cc2)ccc1OCC=C(Br)Br. The molecule has 5 heteroatoms. The molecule has 3 aromatic rings. The van der Waals surface area contributed by atoms with Gasteiger partial charge >= 0.3 is 0 Å². The monoisotopic (exact) mass is 516 g/mol. The van der Waals surface area contributed by atoms with E-state index in [0.29, 0.717) is 12.5 Å². The van der Waals surface area contributed by atoms with Crippen LogP contribution in [0.4, 0.5) is 0 Å². The smallest absolute Gasteiger partial charge is 0.127 e. The molecule has 0 atom stereocenters. The van der Waals surface area contributed by atoms with Crippen LogP contribution in [-0.2, 0) is 0 Å². The Labute approximate surface area is 188 Å². The number of benzene rings is 3. The van der Waals surface area contributed by atoms with Gasteiger partial charge in [0.2, 0.25) is 0 Å². The number of para-hydroxylation sites is 1. The van der Waals surface area contributed by atoms with Crippen LogP contribution in [0.15, 0.2) is 82.3 Å². The summed E-state index contributed by atoms with van der Waals surface area (Å²) >= 11 is 6.67. The zero-order valence-electron chi connectivity index (χ0n) is 16.3. The maximum absolute atomic E-state index is 6.03. The van der Waals surface area contributed by atoms with Gasteiger partial charge in [0.25, 0.3) is 0 Å². The molecule has 0 amide bonds. The van der Waals surface area contributed by atoms with E-state index in [2.05, 4.69) is 45.7 Å². The van der Waals surface area contributed by atoms with Crippen molar-refractivity contribution in [1.82, 2.24) is 0 Å². The van der Waals surface area contributed by atoms with Crippen molar-refractivity contribution in [3.05, 3.63) is 87.8 Å². The van der Waals surface area contributed by atoms with Gasteiger partial charge in [0.05, 0.1) is 3.39 Å². The number of hydrogen-bond donors (Lipinski definition) is 0. The highest BCUT2D eigenvalue weighted by Gasteiger charge is 2.10. The molecule has 3 rings (SSSR count). The Morgan fingerprint density at radius 1 is 0.793 bits per heavy atom. The molecule has 0 N–H and O–H groups in total. The van der Waals surface area contributed by atoms with Crippen molar-refractivity contribution >= 4 is 31.9 Å². The summed E-state index contributed by atoms with van der Waals surface area (Å²) in [5.74, 6) is 4.26. The van der Waals surface area contributed by atoms with Crippen LogP contribution in [0.2, 0.25) is 0 Å². The molecule has 0 saturated carbocycles. The highest BCUT2D eigenvalue weighted by molar-refractivity contribution is 9.28. The van der Waals surface area contributed by atoms with E-state index in [0.717, 1.165) is 37.7 Å². The molecule has 3 nitrogen and oxygen atoms in total. The van der Waals surface area contributed by atoms with Gasteiger partial charge in [-0.3, -0.25) is 0 Å². The van der Waals surface area contributed by atoms with E-state index in [9.17, 15) is 0 Å². The second-order valence-corrected chi connectivity index (χ2v) is 9.42. The quantitative estimate of drug-likeness (QED) is 0.300. The first-order valence-electron chi connectivity index (χ1n) is 9.30. The Morgan fingerprint density at radius 3 is 1.93 bits per heavy atom. The third kappa shape index (κ3) is 6.65. The molecule has 0 aliphatic carbocycles. The minimum Gasteiger partial charge on any atom is -0.489 e. The van der Waals surface area contributed by atoms with Crippen molar-refractivity contribution in [1.29, 1.82) is 0 Å². The van der Waals surface area contributed by atoms with Gasteiger partial charge in [-0.25, -0.2) is 0 Å². The van der Waals surface area contributed by atoms with E-state index in [1.165, 1.54) is 0 Å². The van der Waals surface area contributed by atoms with Gasteiger partial charge in [-0.2, -0.15) is 0 Å². The second-order valence-electron chi connectivity index (χ2n) is 6.65. The first-order chi connectivity index (χ1) is 14.0. The van der Waals surface area contributed by atoms with E-state index in [1.807, 2.05) is 78.9 Å². The molecule has 0 spiro atoms. The van der Waals surface area contributed by atoms with Gasteiger partial charge in [-0.1, -0.05) is 32.0 Å². The number of halogens is 2. The van der Waals surface area contributed by atoms with Gasteiger partial charge in [0.15, 0.2) is 0 Å². The molecule has 0 fully saturated rings. The highest BCUT2D eigenvalue weighted by atomic mass is 79.9. The average molecular weight is 518 g/mol. The molecule has 0 bridgehead atoms. The number of ether oxygens (including phenoxy) is 3. The molecular formula is C24H22Br2O3. The van der Waals surface area contributed by atoms with Crippen LogP contribution in [-0.4, -0.2) is 6.61 Å². The first kappa shape index (κ1) is 21.5. The lowest BCUT2D eigenvalue weighted by Crippen LogP contribution is -2.00. The summed E-state index contributed by atoms with van der Waals surface area (Å²) in [6.45, 7) is 4.75. The summed E-state index contributed by atoms with van der Waals surface area (Å²) in [6, 6.07) is 23.2. The van der Waals surface area contributed by atoms with Crippen molar-refractivity contribution < 1.29 is 14.2 Å². The van der Waals surface area contributed by atoms with Crippen LogP contribution >= 0.6 is 31.9 Å². The Balaban J connectivity index is 1.69. The lowest BCUT2D eigenvalue weighted by Gasteiger charge is -2.15. The van der Waals surface area contributed by atoms with Gasteiger partial charge in [0, 0.05) is 5.56 Å². The minimum absolute atomic E-state index is 0.312. The maximum Gasteiger partial charge on any atom is 0.127 e. The summed E-state index contributed by atoms with van der Waals surface area (Å²) in [6.07, 6.45) is 1.91. The van der Waals surface area contributed by atoms with E-state index in [4.69, 9.17) is 14.2 Å². The minimum atomic E-state index is 0.312. The predicted octanol–water partition coefficient (Wildman–Crippen LogP) is 8.40. The third-order valence-corrected chi connectivity index (χ3v) is 4.77. The average Bonchev–Trinajstić information content (AvgIpc) is 2.71. The third-order valence-electron chi connectivity index (χ3n) is 4.12. The van der Waals surface area contributed by atoms with Crippen LogP contribution in [0.1, 0.15) is 25.3 Å². The van der Waals surface area contributed by atoms with E-state index < -0.39 is 0 Å². The van der Waals surface area contributed by atoms with Crippen molar-refractivity contribution in [2.75, 3.05) is 6.61 Å². The fourth-order valence-electron chi connectivity index (χ4n) is 2.70. The van der Waals surface area contributed by atoms with Crippen LogP contribution in [0.25, 0.3) is 0 Å². The van der Waals surface area contributed by atoms with Gasteiger partial charge in [0.1, 0.15) is 35.4 Å². The zero-order chi connectivity index (χ0) is 20.6. The standard InChI is InChI=1S/C24H22Br2O3/c1-17(2)22-16-21(12-13-23(22)27-15-14-24(25)26)29-20-10-8-19(9-11-20)28-18-6-4-3-5-7-18/h3-14,16-17H,15H2,1-2H3. The van der Waals surface area contributed by atoms with Crippen LogP contribution in [0.5, 0.6) is 28.7 Å². The van der Waals surface area contributed by atoms with Gasteiger partial charge in [-0.15, -0.1) is 0 Å². The summed E-state index contributed by atoms with van der Waals surface area (Å²) in [7, 11) is 0. The first-order valence-corrected chi connectivity index (χ1v) is 10.9. The van der Waals surface area contributed by atoms with Crippen LogP contribution < -0.4 is 14.2 Å². The molecule has 0 unspecified atom stereocenters. The topological polar surface area (TPSA) is 27.7 Å². The molecule has 0 aliphatic heterocycles. The molecule has 0 aliphatic rings. The zero-order valence-corrected chi connectivity index (χ0v) is 19.4. The largest absolute Gasteiger partial charge is 0.489 e. The maximum atomic E-state index is 6.03. The lowest BCUT2D eigenvalue weighted by molar-refractivity contribution is 0.356. The Hall–Kier alpha value is -2.24. The fourth-order valence-corrected chi connectivity index (χ4v) is 2.97. The molecule has 0 heterocycles. The fraction of sp³-hybridized carbons (Fsp3) is 0.167. The second kappa shape index (κ2) is 10.5. The molecule has 29 heavy (non-hydrogen) atoms. The molecule has 3 aromatic carbocycles. The van der Waals surface area contributed by atoms with Gasteiger partial charge in [-0.05, 0) is 98.5 Å². The van der Waals surface area contributed by atoms with Crippen molar-refractivity contribution in [2.24, 2.45) is 0 Å². The van der Waals surface area contributed by atoms with E-state index >= 15 is 0 Å². The van der Waals surface area contributed by atoms with E-state index in [-0.39, 0.29) is 0 Å². The number of hydrogen-bond acceptors (Lipinski definition) is 3. The molecule has 0 aromatic heterocycles. The molecule has 0 radical (unpaired) electrons. The Morgan fingerprint density at radius 2 is 1.34 bits per heavy atom. The molecule has 0 saturated heterocycles. The summed E-state index contributed by atoms with van der Waals surface area (Å²) in [5, 5.41) is 0. The van der Waals surface area contributed by atoms with Crippen LogP contribution in [0.3, 0.4) is 0 Å². The summed E-state index contributed by atoms with van der Waals surface area (Å²) in [5.41, 5.74) is 1.10. The van der Waals surface area contributed by atoms with E-state index in [1.54, 1.807) is 0 Å². The van der Waals surface area contributed by atoms with Gasteiger partial charge < -0.3 is 14.2 Å². The molecule has 150 valence electrons. The number of rotatable bonds is 8.